The summed E-state index contributed by atoms with van der Waals surface area (Å²) in [5.41, 5.74) is 2.50. The summed E-state index contributed by atoms with van der Waals surface area (Å²) < 4.78 is 1.14. The molecule has 0 spiro atoms. The summed E-state index contributed by atoms with van der Waals surface area (Å²) >= 11 is 5.21. The predicted molar refractivity (Wildman–Crippen MR) is 85.9 cm³/mol. The molecular weight excluding hydrogens is 320 g/mol. The minimum atomic E-state index is 0.488. The first-order valence-electron chi connectivity index (χ1n) is 6.52. The Balaban J connectivity index is 1.72. The molecule has 102 valence electrons. The lowest BCUT2D eigenvalue weighted by atomic mass is 10.1. The lowest BCUT2D eigenvalue weighted by Gasteiger charge is -2.13. The normalized spacial score (nSPS) is 12.6. The second kappa shape index (κ2) is 7.17. The molecule has 1 N–H and O–H groups in total. The van der Waals surface area contributed by atoms with E-state index in [1.54, 1.807) is 11.3 Å². The molecule has 0 aliphatic carbocycles. The molecule has 1 aromatic heterocycles. The van der Waals surface area contributed by atoms with Crippen molar-refractivity contribution >= 4 is 27.3 Å². The number of hydrogen-bond donors (Lipinski definition) is 1. The van der Waals surface area contributed by atoms with Crippen LogP contribution in [0.2, 0.25) is 0 Å². The second-order valence-electron chi connectivity index (χ2n) is 4.82. The number of nitrogens with one attached hydrogen (secondary N) is 1. The summed E-state index contributed by atoms with van der Waals surface area (Å²) in [6.07, 6.45) is 2.08. The quantitative estimate of drug-likeness (QED) is 0.861. The van der Waals surface area contributed by atoms with Gasteiger partial charge in [0, 0.05) is 34.6 Å². The van der Waals surface area contributed by atoms with Crippen LogP contribution >= 0.6 is 27.3 Å². The molecule has 1 unspecified atom stereocenters. The molecule has 0 bridgehead atoms. The number of rotatable bonds is 6. The summed E-state index contributed by atoms with van der Waals surface area (Å²) in [5, 5.41) is 6.89. The van der Waals surface area contributed by atoms with E-state index < -0.39 is 0 Å². The highest BCUT2D eigenvalue weighted by Crippen LogP contribution is 2.12. The molecule has 2 nitrogen and oxygen atoms in total. The third-order valence-electron chi connectivity index (χ3n) is 2.95. The van der Waals surface area contributed by atoms with E-state index in [1.807, 2.05) is 6.92 Å². The van der Waals surface area contributed by atoms with Crippen molar-refractivity contribution in [3.05, 3.63) is 50.4 Å². The first-order chi connectivity index (χ1) is 9.13. The number of benzene rings is 1. The summed E-state index contributed by atoms with van der Waals surface area (Å²) in [5.74, 6) is 0. The Morgan fingerprint density at radius 2 is 2.05 bits per heavy atom. The number of nitrogens with zero attached hydrogens (tertiary/aromatic N) is 1. The van der Waals surface area contributed by atoms with Gasteiger partial charge in [-0.2, -0.15) is 0 Å². The van der Waals surface area contributed by atoms with E-state index in [4.69, 9.17) is 0 Å². The van der Waals surface area contributed by atoms with Gasteiger partial charge in [0.05, 0.1) is 5.01 Å². The molecule has 0 saturated carbocycles. The van der Waals surface area contributed by atoms with Gasteiger partial charge in [0.25, 0.3) is 0 Å². The molecule has 0 radical (unpaired) electrons. The van der Waals surface area contributed by atoms with Crippen molar-refractivity contribution in [1.82, 2.24) is 10.3 Å². The van der Waals surface area contributed by atoms with Crippen LogP contribution in [0.1, 0.15) is 23.2 Å². The molecule has 0 fully saturated rings. The molecule has 2 rings (SSSR count). The maximum absolute atomic E-state index is 4.47. The number of aromatic nitrogens is 1. The number of aryl methyl sites for hydroxylation is 1. The first-order valence-corrected chi connectivity index (χ1v) is 8.19. The number of halogens is 1. The van der Waals surface area contributed by atoms with E-state index in [2.05, 4.69) is 62.8 Å². The van der Waals surface area contributed by atoms with Crippen molar-refractivity contribution in [2.45, 2.75) is 32.7 Å². The van der Waals surface area contributed by atoms with Crippen molar-refractivity contribution in [2.75, 3.05) is 6.54 Å². The summed E-state index contributed by atoms with van der Waals surface area (Å²) in [7, 11) is 0. The van der Waals surface area contributed by atoms with Gasteiger partial charge in [-0.05, 0) is 38.0 Å². The number of hydrogen-bond acceptors (Lipinski definition) is 3. The van der Waals surface area contributed by atoms with Gasteiger partial charge in [-0.3, -0.25) is 0 Å². The number of thiazole rings is 1. The lowest BCUT2D eigenvalue weighted by molar-refractivity contribution is 0.548. The zero-order valence-corrected chi connectivity index (χ0v) is 13.7. The second-order valence-corrected chi connectivity index (χ2v) is 6.68. The summed E-state index contributed by atoms with van der Waals surface area (Å²) in [6.45, 7) is 5.27. The molecule has 4 heteroatoms. The molecule has 1 heterocycles. The van der Waals surface area contributed by atoms with Gasteiger partial charge >= 0.3 is 0 Å². The fraction of sp³-hybridized carbons (Fsp3) is 0.400. The fourth-order valence-corrected chi connectivity index (χ4v) is 3.03. The van der Waals surface area contributed by atoms with E-state index in [-0.39, 0.29) is 0 Å². The van der Waals surface area contributed by atoms with Crippen molar-refractivity contribution in [3.63, 3.8) is 0 Å². The molecule has 0 amide bonds. The maximum atomic E-state index is 4.47. The van der Waals surface area contributed by atoms with Crippen molar-refractivity contribution in [3.8, 4) is 0 Å². The topological polar surface area (TPSA) is 24.9 Å². The molecule has 19 heavy (non-hydrogen) atoms. The highest BCUT2D eigenvalue weighted by Gasteiger charge is 2.04. The van der Waals surface area contributed by atoms with E-state index in [0.29, 0.717) is 6.04 Å². The van der Waals surface area contributed by atoms with E-state index in [9.17, 15) is 0 Å². The Hall–Kier alpha value is -0.710. The Bertz CT molecular complexity index is 507. The Morgan fingerprint density at radius 1 is 1.32 bits per heavy atom. The van der Waals surface area contributed by atoms with Crippen molar-refractivity contribution in [2.24, 2.45) is 0 Å². The van der Waals surface area contributed by atoms with Crippen LogP contribution in [-0.2, 0) is 12.8 Å². The van der Waals surface area contributed by atoms with Gasteiger partial charge in [0.2, 0.25) is 0 Å². The lowest BCUT2D eigenvalue weighted by Crippen LogP contribution is -2.29. The predicted octanol–water partition coefficient (Wildman–Crippen LogP) is 3.98. The van der Waals surface area contributed by atoms with Gasteiger partial charge in [-0.1, -0.05) is 28.1 Å². The third-order valence-corrected chi connectivity index (χ3v) is 4.51. The third kappa shape index (κ3) is 5.05. The van der Waals surface area contributed by atoms with Crippen molar-refractivity contribution < 1.29 is 0 Å². The standard InChI is InChI=1S/C15H19BrN2S/c1-11(9-13-3-5-14(16)6-4-13)17-8-7-15-18-12(2)10-19-15/h3-6,10-11,17H,7-9H2,1-2H3. The van der Waals surface area contributed by atoms with Crippen LogP contribution in [0.25, 0.3) is 0 Å². The van der Waals surface area contributed by atoms with Crippen LogP contribution < -0.4 is 5.32 Å². The maximum Gasteiger partial charge on any atom is 0.0940 e. The average Bonchev–Trinajstić information content (AvgIpc) is 2.78. The summed E-state index contributed by atoms with van der Waals surface area (Å²) in [6, 6.07) is 9.03. The van der Waals surface area contributed by atoms with E-state index in [0.717, 1.165) is 29.6 Å². The zero-order chi connectivity index (χ0) is 13.7. The van der Waals surface area contributed by atoms with Gasteiger partial charge in [-0.15, -0.1) is 11.3 Å². The first kappa shape index (κ1) is 14.7. The van der Waals surface area contributed by atoms with Crippen LogP contribution in [0, 0.1) is 6.92 Å². The Kier molecular flexibility index (Phi) is 5.55. The van der Waals surface area contributed by atoms with Crippen molar-refractivity contribution in [1.29, 1.82) is 0 Å². The molecular formula is C15H19BrN2S. The van der Waals surface area contributed by atoms with Crippen LogP contribution in [0.15, 0.2) is 34.1 Å². The zero-order valence-electron chi connectivity index (χ0n) is 11.3. The fourth-order valence-electron chi connectivity index (χ4n) is 1.99. The molecule has 1 atom stereocenters. The van der Waals surface area contributed by atoms with Gasteiger partial charge in [0.15, 0.2) is 0 Å². The SMILES string of the molecule is Cc1csc(CCNC(C)Cc2ccc(Br)cc2)n1. The van der Waals surface area contributed by atoms with Crippen LogP contribution in [0.5, 0.6) is 0 Å². The van der Waals surface area contributed by atoms with Gasteiger partial charge in [-0.25, -0.2) is 4.98 Å². The van der Waals surface area contributed by atoms with Crippen LogP contribution in [-0.4, -0.2) is 17.6 Å². The van der Waals surface area contributed by atoms with E-state index in [1.165, 1.54) is 10.6 Å². The molecule has 1 aromatic carbocycles. The highest BCUT2D eigenvalue weighted by atomic mass is 79.9. The minimum absolute atomic E-state index is 0.488. The largest absolute Gasteiger partial charge is 0.314 e. The van der Waals surface area contributed by atoms with E-state index >= 15 is 0 Å². The molecule has 0 aliphatic rings. The minimum Gasteiger partial charge on any atom is -0.314 e. The smallest absolute Gasteiger partial charge is 0.0940 e. The van der Waals surface area contributed by atoms with Crippen LogP contribution in [0.4, 0.5) is 0 Å². The Morgan fingerprint density at radius 3 is 2.68 bits per heavy atom. The molecule has 0 aliphatic heterocycles. The molecule has 0 saturated heterocycles. The molecule has 2 aromatic rings. The highest BCUT2D eigenvalue weighted by molar-refractivity contribution is 9.10. The van der Waals surface area contributed by atoms with Crippen LogP contribution in [0.3, 0.4) is 0 Å². The average molecular weight is 339 g/mol. The Labute approximate surface area is 127 Å². The van der Waals surface area contributed by atoms with Gasteiger partial charge in [0.1, 0.15) is 0 Å². The summed E-state index contributed by atoms with van der Waals surface area (Å²) in [4.78, 5) is 4.47. The monoisotopic (exact) mass is 338 g/mol. The van der Waals surface area contributed by atoms with Gasteiger partial charge < -0.3 is 5.32 Å².